The third-order valence-electron chi connectivity index (χ3n) is 5.59. The molecule has 1 heteroatoms. The van der Waals surface area contributed by atoms with E-state index in [1.165, 1.54) is 32.4 Å². The van der Waals surface area contributed by atoms with Crippen molar-refractivity contribution in [3.63, 3.8) is 0 Å². The van der Waals surface area contributed by atoms with E-state index in [0.29, 0.717) is 10.8 Å². The molecule has 0 aromatic rings. The second kappa shape index (κ2) is 3.48. The lowest BCUT2D eigenvalue weighted by molar-refractivity contribution is -0.0843. The fraction of sp³-hybridized carbons (Fsp3) is 1.00. The summed E-state index contributed by atoms with van der Waals surface area (Å²) in [6.07, 6.45) is 4.27. The molecule has 2 unspecified atom stereocenters. The molecule has 1 saturated carbocycles. The Morgan fingerprint density at radius 2 is 1.80 bits per heavy atom. The van der Waals surface area contributed by atoms with E-state index in [4.69, 9.17) is 0 Å². The topological polar surface area (TPSA) is 3.24 Å². The lowest BCUT2D eigenvalue weighted by Gasteiger charge is -2.58. The zero-order valence-electron chi connectivity index (χ0n) is 11.1. The lowest BCUT2D eigenvalue weighted by Crippen LogP contribution is -2.55. The standard InChI is InChI=1S/C14H27N/c1-11-6-8-14(4)10-15(5)9-7-12(14)13(11,2)3/h11-12H,6-10H2,1-5H3/t11?,12?,14-/m1/s1. The second-order valence-corrected chi connectivity index (χ2v) is 6.99. The molecule has 1 aliphatic carbocycles. The van der Waals surface area contributed by atoms with Gasteiger partial charge in [0.15, 0.2) is 0 Å². The highest BCUT2D eigenvalue weighted by atomic mass is 15.1. The van der Waals surface area contributed by atoms with Crippen LogP contribution >= 0.6 is 0 Å². The number of rotatable bonds is 0. The van der Waals surface area contributed by atoms with Crippen LogP contribution in [-0.2, 0) is 0 Å². The van der Waals surface area contributed by atoms with Crippen LogP contribution in [0.5, 0.6) is 0 Å². The van der Waals surface area contributed by atoms with E-state index in [2.05, 4.69) is 39.6 Å². The number of likely N-dealkylation sites (tertiary alicyclic amines) is 1. The summed E-state index contributed by atoms with van der Waals surface area (Å²) in [6.45, 7) is 12.6. The Hall–Kier alpha value is -0.0400. The van der Waals surface area contributed by atoms with Gasteiger partial charge in [-0.25, -0.2) is 0 Å². The summed E-state index contributed by atoms with van der Waals surface area (Å²) >= 11 is 0. The van der Waals surface area contributed by atoms with Crippen LogP contribution in [-0.4, -0.2) is 25.0 Å². The molecule has 1 heterocycles. The average Bonchev–Trinajstić information content (AvgIpc) is 2.11. The first-order valence-corrected chi connectivity index (χ1v) is 6.55. The summed E-state index contributed by atoms with van der Waals surface area (Å²) < 4.78 is 0. The highest BCUT2D eigenvalue weighted by molar-refractivity contribution is 5.01. The predicted octanol–water partition coefficient (Wildman–Crippen LogP) is 3.40. The Bertz CT molecular complexity index is 246. The highest BCUT2D eigenvalue weighted by Gasteiger charge is 2.51. The summed E-state index contributed by atoms with van der Waals surface area (Å²) in [5.74, 6) is 1.84. The van der Waals surface area contributed by atoms with Crippen molar-refractivity contribution in [3.05, 3.63) is 0 Å². The smallest absolute Gasteiger partial charge is 0.00351 e. The molecule has 2 rings (SSSR count). The van der Waals surface area contributed by atoms with Gasteiger partial charge >= 0.3 is 0 Å². The van der Waals surface area contributed by atoms with Crippen molar-refractivity contribution in [2.75, 3.05) is 20.1 Å². The minimum absolute atomic E-state index is 0.550. The normalized spacial score (nSPS) is 46.2. The van der Waals surface area contributed by atoms with E-state index in [9.17, 15) is 0 Å². The van der Waals surface area contributed by atoms with Gasteiger partial charge in [0.2, 0.25) is 0 Å². The van der Waals surface area contributed by atoms with E-state index in [-0.39, 0.29) is 0 Å². The van der Waals surface area contributed by atoms with Crippen LogP contribution in [0.4, 0.5) is 0 Å². The van der Waals surface area contributed by atoms with Crippen LogP contribution < -0.4 is 0 Å². The van der Waals surface area contributed by atoms with Gasteiger partial charge in [-0.2, -0.15) is 0 Å². The number of nitrogens with zero attached hydrogens (tertiary/aromatic N) is 1. The Balaban J connectivity index is 2.25. The molecule has 0 aromatic heterocycles. The van der Waals surface area contributed by atoms with Crippen molar-refractivity contribution in [1.29, 1.82) is 0 Å². The monoisotopic (exact) mass is 209 g/mol. The van der Waals surface area contributed by atoms with Gasteiger partial charge in [0, 0.05) is 6.54 Å². The third kappa shape index (κ3) is 1.73. The van der Waals surface area contributed by atoms with E-state index in [0.717, 1.165) is 11.8 Å². The SMILES string of the molecule is CC1CC[C@]2(C)CN(C)CCC2C1(C)C. The van der Waals surface area contributed by atoms with Gasteiger partial charge in [-0.15, -0.1) is 0 Å². The van der Waals surface area contributed by atoms with Crippen LogP contribution in [0.2, 0.25) is 0 Å². The van der Waals surface area contributed by atoms with Gasteiger partial charge in [0.25, 0.3) is 0 Å². The predicted molar refractivity (Wildman–Crippen MR) is 65.9 cm³/mol. The number of fused-ring (bicyclic) bond motifs is 1. The molecule has 1 aliphatic heterocycles. The van der Waals surface area contributed by atoms with Gasteiger partial charge in [-0.3, -0.25) is 0 Å². The van der Waals surface area contributed by atoms with E-state index < -0.39 is 0 Å². The van der Waals surface area contributed by atoms with E-state index >= 15 is 0 Å². The molecule has 3 atom stereocenters. The van der Waals surface area contributed by atoms with Gasteiger partial charge in [-0.1, -0.05) is 27.7 Å². The zero-order valence-corrected chi connectivity index (χ0v) is 11.1. The molecule has 0 radical (unpaired) electrons. The number of hydrogen-bond acceptors (Lipinski definition) is 1. The zero-order chi connectivity index (χ0) is 11.3. The molecule has 2 aliphatic rings. The van der Waals surface area contributed by atoms with Crippen LogP contribution in [0.1, 0.15) is 47.0 Å². The molecule has 0 N–H and O–H groups in total. The second-order valence-electron chi connectivity index (χ2n) is 6.99. The minimum atomic E-state index is 0.550. The van der Waals surface area contributed by atoms with Crippen molar-refractivity contribution in [2.45, 2.75) is 47.0 Å². The van der Waals surface area contributed by atoms with Crippen molar-refractivity contribution < 1.29 is 0 Å². The Kier molecular flexibility index (Phi) is 2.65. The molecule has 1 nitrogen and oxygen atoms in total. The van der Waals surface area contributed by atoms with Crippen LogP contribution in [0, 0.1) is 22.7 Å². The first-order chi connectivity index (χ1) is 6.86. The van der Waals surface area contributed by atoms with Crippen molar-refractivity contribution in [2.24, 2.45) is 22.7 Å². The number of piperidine rings is 1. The summed E-state index contributed by atoms with van der Waals surface area (Å²) in [6, 6.07) is 0. The van der Waals surface area contributed by atoms with Crippen LogP contribution in [0.25, 0.3) is 0 Å². The Morgan fingerprint density at radius 1 is 1.13 bits per heavy atom. The molecule has 0 bridgehead atoms. The fourth-order valence-corrected chi connectivity index (χ4v) is 4.29. The van der Waals surface area contributed by atoms with E-state index in [1.807, 2.05) is 0 Å². The maximum atomic E-state index is 2.53. The molecule has 0 aromatic carbocycles. The first-order valence-electron chi connectivity index (χ1n) is 6.55. The molecular weight excluding hydrogens is 182 g/mol. The van der Waals surface area contributed by atoms with Crippen molar-refractivity contribution in [3.8, 4) is 0 Å². The fourth-order valence-electron chi connectivity index (χ4n) is 4.29. The molecule has 88 valence electrons. The Morgan fingerprint density at radius 3 is 2.47 bits per heavy atom. The summed E-state index contributed by atoms with van der Waals surface area (Å²) in [5, 5.41) is 0. The molecule has 15 heavy (non-hydrogen) atoms. The summed E-state index contributed by atoms with van der Waals surface area (Å²) in [4.78, 5) is 2.53. The van der Waals surface area contributed by atoms with E-state index in [1.54, 1.807) is 0 Å². The third-order valence-corrected chi connectivity index (χ3v) is 5.59. The van der Waals surface area contributed by atoms with Crippen LogP contribution in [0.3, 0.4) is 0 Å². The van der Waals surface area contributed by atoms with Gasteiger partial charge in [-0.05, 0) is 55.5 Å². The first kappa shape index (κ1) is 11.4. The number of hydrogen-bond donors (Lipinski definition) is 0. The molecule has 0 spiro atoms. The maximum absolute atomic E-state index is 2.53. The van der Waals surface area contributed by atoms with Gasteiger partial charge < -0.3 is 4.90 Å². The largest absolute Gasteiger partial charge is 0.306 e. The van der Waals surface area contributed by atoms with Gasteiger partial charge in [0.1, 0.15) is 0 Å². The summed E-state index contributed by atoms with van der Waals surface area (Å²) in [5.41, 5.74) is 1.14. The quantitative estimate of drug-likeness (QED) is 0.591. The lowest BCUT2D eigenvalue weighted by atomic mass is 9.51. The maximum Gasteiger partial charge on any atom is 0.00351 e. The van der Waals surface area contributed by atoms with Crippen LogP contribution in [0.15, 0.2) is 0 Å². The molecular formula is C14H27N. The highest BCUT2D eigenvalue weighted by Crippen LogP contribution is 2.56. The molecule has 1 saturated heterocycles. The summed E-state index contributed by atoms with van der Waals surface area (Å²) in [7, 11) is 2.28. The Labute approximate surface area is 95.2 Å². The minimum Gasteiger partial charge on any atom is -0.306 e. The molecule has 2 fully saturated rings. The average molecular weight is 209 g/mol. The molecule has 0 amide bonds. The van der Waals surface area contributed by atoms with Crippen molar-refractivity contribution in [1.82, 2.24) is 4.90 Å². The van der Waals surface area contributed by atoms with Gasteiger partial charge in [0.05, 0.1) is 0 Å². The van der Waals surface area contributed by atoms with Crippen molar-refractivity contribution >= 4 is 0 Å².